The predicted octanol–water partition coefficient (Wildman–Crippen LogP) is 0.646. The van der Waals surface area contributed by atoms with Gasteiger partial charge in [0.25, 0.3) is 0 Å². The van der Waals surface area contributed by atoms with Crippen LogP contribution in [0.5, 0.6) is 5.75 Å². The molecule has 72 valence electrons. The molecule has 2 rings (SSSR count). The highest BCUT2D eigenvalue weighted by atomic mass is 16.6. The van der Waals surface area contributed by atoms with Gasteiger partial charge in [0.1, 0.15) is 6.33 Å². The standard InChI is InChI=1S/C7H6N4O3/c1-14-6-2-7-9-8-4-10(7)3-5(6)11(12)13/h2-4H,1H3. The number of nitrogens with zero attached hydrogens (tertiary/aromatic N) is 4. The van der Waals surface area contributed by atoms with E-state index in [1.54, 1.807) is 0 Å². The van der Waals surface area contributed by atoms with E-state index in [1.807, 2.05) is 0 Å². The van der Waals surface area contributed by atoms with Crippen molar-refractivity contribution in [3.05, 3.63) is 28.7 Å². The van der Waals surface area contributed by atoms with E-state index in [2.05, 4.69) is 10.2 Å². The summed E-state index contributed by atoms with van der Waals surface area (Å²) in [6.07, 6.45) is 2.70. The molecule has 0 N–H and O–H groups in total. The number of nitro groups is 1. The summed E-state index contributed by atoms with van der Waals surface area (Å²) >= 11 is 0. The fourth-order valence-electron chi connectivity index (χ4n) is 1.14. The first-order valence-corrected chi connectivity index (χ1v) is 3.74. The second kappa shape index (κ2) is 2.95. The lowest BCUT2D eigenvalue weighted by molar-refractivity contribution is -0.386. The monoisotopic (exact) mass is 194 g/mol. The largest absolute Gasteiger partial charge is 0.490 e. The zero-order valence-electron chi connectivity index (χ0n) is 7.25. The second-order valence-electron chi connectivity index (χ2n) is 2.58. The topological polar surface area (TPSA) is 82.6 Å². The highest BCUT2D eigenvalue weighted by Crippen LogP contribution is 2.26. The van der Waals surface area contributed by atoms with Crippen LogP contribution in [0, 0.1) is 10.1 Å². The summed E-state index contributed by atoms with van der Waals surface area (Å²) in [7, 11) is 1.37. The Hall–Kier alpha value is -2.18. The van der Waals surface area contributed by atoms with E-state index in [9.17, 15) is 10.1 Å². The van der Waals surface area contributed by atoms with Crippen LogP contribution >= 0.6 is 0 Å². The summed E-state index contributed by atoms with van der Waals surface area (Å²) in [5.41, 5.74) is 0.396. The zero-order valence-corrected chi connectivity index (χ0v) is 7.25. The fraction of sp³-hybridized carbons (Fsp3) is 0.143. The van der Waals surface area contributed by atoms with Gasteiger partial charge in [-0.25, -0.2) is 0 Å². The van der Waals surface area contributed by atoms with Gasteiger partial charge in [-0.2, -0.15) is 0 Å². The summed E-state index contributed by atoms with van der Waals surface area (Å²) in [6, 6.07) is 1.46. The van der Waals surface area contributed by atoms with Gasteiger partial charge >= 0.3 is 5.69 Å². The molecular weight excluding hydrogens is 188 g/mol. The maximum atomic E-state index is 10.6. The fourth-order valence-corrected chi connectivity index (χ4v) is 1.14. The van der Waals surface area contributed by atoms with Crippen molar-refractivity contribution >= 4 is 11.3 Å². The summed E-state index contributed by atoms with van der Waals surface area (Å²) in [5, 5.41) is 18.0. The Morgan fingerprint density at radius 2 is 2.43 bits per heavy atom. The maximum Gasteiger partial charge on any atom is 0.327 e. The first-order chi connectivity index (χ1) is 6.72. The Bertz CT molecular complexity index is 493. The molecule has 2 aromatic rings. The Labute approximate surface area is 78.1 Å². The molecule has 2 heterocycles. The van der Waals surface area contributed by atoms with Gasteiger partial charge in [-0.3, -0.25) is 14.5 Å². The molecule has 0 amide bonds. The van der Waals surface area contributed by atoms with Gasteiger partial charge in [0.05, 0.1) is 18.2 Å². The quantitative estimate of drug-likeness (QED) is 0.517. The van der Waals surface area contributed by atoms with E-state index in [0.717, 1.165) is 0 Å². The molecular formula is C7H6N4O3. The molecule has 0 aliphatic heterocycles. The van der Waals surface area contributed by atoms with Crippen molar-refractivity contribution in [3.8, 4) is 5.75 Å². The molecule has 0 aromatic carbocycles. The van der Waals surface area contributed by atoms with Crippen molar-refractivity contribution in [1.82, 2.24) is 14.6 Å². The summed E-state index contributed by atoms with van der Waals surface area (Å²) in [5.74, 6) is 0.176. The first kappa shape index (κ1) is 8.42. The number of hydrogen-bond acceptors (Lipinski definition) is 5. The van der Waals surface area contributed by atoms with Crippen molar-refractivity contribution in [2.24, 2.45) is 0 Å². The number of methoxy groups -OCH3 is 1. The Morgan fingerprint density at radius 3 is 3.07 bits per heavy atom. The zero-order chi connectivity index (χ0) is 10.1. The Kier molecular flexibility index (Phi) is 1.77. The number of hydrogen-bond donors (Lipinski definition) is 0. The molecule has 0 fully saturated rings. The normalized spacial score (nSPS) is 10.4. The molecule has 0 saturated carbocycles. The lowest BCUT2D eigenvalue weighted by Gasteiger charge is -2.00. The van der Waals surface area contributed by atoms with Gasteiger partial charge in [0.15, 0.2) is 5.65 Å². The van der Waals surface area contributed by atoms with E-state index >= 15 is 0 Å². The molecule has 0 saturated heterocycles. The Balaban J connectivity index is 2.72. The number of aromatic nitrogens is 3. The van der Waals surface area contributed by atoms with Gasteiger partial charge in [-0.15, -0.1) is 10.2 Å². The van der Waals surface area contributed by atoms with Crippen LogP contribution in [-0.2, 0) is 0 Å². The molecule has 2 aromatic heterocycles. The number of ether oxygens (including phenoxy) is 1. The van der Waals surface area contributed by atoms with Crippen LogP contribution in [0.25, 0.3) is 5.65 Å². The second-order valence-corrected chi connectivity index (χ2v) is 2.58. The maximum absolute atomic E-state index is 10.6. The van der Waals surface area contributed by atoms with Crippen LogP contribution in [0.2, 0.25) is 0 Å². The minimum Gasteiger partial charge on any atom is -0.490 e. The van der Waals surface area contributed by atoms with E-state index in [1.165, 1.54) is 30.1 Å². The van der Waals surface area contributed by atoms with Crippen LogP contribution in [0.1, 0.15) is 0 Å². The highest BCUT2D eigenvalue weighted by Gasteiger charge is 2.16. The minimum atomic E-state index is -0.516. The molecule has 0 atom stereocenters. The lowest BCUT2D eigenvalue weighted by atomic mass is 10.4. The van der Waals surface area contributed by atoms with E-state index in [4.69, 9.17) is 4.74 Å². The lowest BCUT2D eigenvalue weighted by Crippen LogP contribution is -1.96. The third-order valence-electron chi connectivity index (χ3n) is 1.79. The molecule has 7 nitrogen and oxygen atoms in total. The van der Waals surface area contributed by atoms with Crippen LogP contribution in [-0.4, -0.2) is 26.6 Å². The van der Waals surface area contributed by atoms with Gasteiger partial charge in [0.2, 0.25) is 5.75 Å². The van der Waals surface area contributed by atoms with Crippen molar-refractivity contribution < 1.29 is 9.66 Å². The van der Waals surface area contributed by atoms with Gasteiger partial charge in [-0.1, -0.05) is 0 Å². The summed E-state index contributed by atoms with van der Waals surface area (Å²) in [4.78, 5) is 10.1. The smallest absolute Gasteiger partial charge is 0.327 e. The average molecular weight is 194 g/mol. The van der Waals surface area contributed by atoms with Gasteiger partial charge < -0.3 is 4.74 Å². The van der Waals surface area contributed by atoms with Crippen LogP contribution in [0.15, 0.2) is 18.6 Å². The molecule has 0 unspecified atom stereocenters. The van der Waals surface area contributed by atoms with Crippen molar-refractivity contribution in [3.63, 3.8) is 0 Å². The molecule has 0 radical (unpaired) electrons. The van der Waals surface area contributed by atoms with Crippen LogP contribution in [0.3, 0.4) is 0 Å². The molecule has 0 spiro atoms. The van der Waals surface area contributed by atoms with E-state index in [0.29, 0.717) is 5.65 Å². The molecule has 14 heavy (non-hydrogen) atoms. The Morgan fingerprint density at radius 1 is 1.64 bits per heavy atom. The molecule has 0 bridgehead atoms. The third kappa shape index (κ3) is 1.15. The van der Waals surface area contributed by atoms with Crippen molar-refractivity contribution in [1.29, 1.82) is 0 Å². The van der Waals surface area contributed by atoms with Crippen LogP contribution < -0.4 is 4.74 Å². The van der Waals surface area contributed by atoms with Gasteiger partial charge in [0, 0.05) is 6.07 Å². The van der Waals surface area contributed by atoms with E-state index in [-0.39, 0.29) is 11.4 Å². The van der Waals surface area contributed by atoms with Gasteiger partial charge in [-0.05, 0) is 0 Å². The minimum absolute atomic E-state index is 0.111. The average Bonchev–Trinajstić information content (AvgIpc) is 2.62. The summed E-state index contributed by atoms with van der Waals surface area (Å²) < 4.78 is 6.32. The highest BCUT2D eigenvalue weighted by molar-refractivity contribution is 5.54. The molecule has 0 aliphatic rings. The van der Waals surface area contributed by atoms with E-state index < -0.39 is 4.92 Å². The van der Waals surface area contributed by atoms with Crippen molar-refractivity contribution in [2.75, 3.05) is 7.11 Å². The predicted molar refractivity (Wildman–Crippen MR) is 46.2 cm³/mol. The SMILES string of the molecule is COc1cc2nncn2cc1[N+](=O)[O-]. The number of rotatable bonds is 2. The first-order valence-electron chi connectivity index (χ1n) is 3.74. The number of pyridine rings is 1. The number of fused-ring (bicyclic) bond motifs is 1. The summed E-state index contributed by atoms with van der Waals surface area (Å²) in [6.45, 7) is 0. The third-order valence-corrected chi connectivity index (χ3v) is 1.79. The van der Waals surface area contributed by atoms with Crippen molar-refractivity contribution in [2.45, 2.75) is 0 Å². The van der Waals surface area contributed by atoms with Crippen LogP contribution in [0.4, 0.5) is 5.69 Å². The molecule has 0 aliphatic carbocycles. The molecule has 7 heteroatoms.